The van der Waals surface area contributed by atoms with E-state index in [2.05, 4.69) is 16.5 Å². The summed E-state index contributed by atoms with van der Waals surface area (Å²) in [7, 11) is 0. The molecule has 4 nitrogen and oxygen atoms in total. The molecule has 0 fully saturated rings. The molecule has 0 saturated carbocycles. The topological polar surface area (TPSA) is 65.7 Å². The average Bonchev–Trinajstić information content (AvgIpc) is 2.09. The zero-order valence-electron chi connectivity index (χ0n) is 7.56. The molecule has 0 aliphatic heterocycles. The summed E-state index contributed by atoms with van der Waals surface area (Å²) < 4.78 is 0. The van der Waals surface area contributed by atoms with Crippen LogP contribution in [0.2, 0.25) is 0 Å². The van der Waals surface area contributed by atoms with Crippen molar-refractivity contribution >= 4 is 22.7 Å². The van der Waals surface area contributed by atoms with E-state index in [-0.39, 0.29) is 0 Å². The molecule has 0 bridgehead atoms. The number of halogens is 1. The van der Waals surface area contributed by atoms with Gasteiger partial charge in [0, 0.05) is 5.03 Å². The normalized spacial score (nSPS) is 14.0. The lowest BCUT2D eigenvalue weighted by molar-refractivity contribution is 0.982. The van der Waals surface area contributed by atoms with Gasteiger partial charge in [0.25, 0.3) is 5.56 Å². The van der Waals surface area contributed by atoms with Gasteiger partial charge in [-0.2, -0.15) is 0 Å². The first-order valence-electron chi connectivity index (χ1n) is 3.88. The number of allylic oxidation sites excluding steroid dienone is 1. The van der Waals surface area contributed by atoms with E-state index in [0.717, 1.165) is 0 Å². The first kappa shape index (κ1) is 10.5. The summed E-state index contributed by atoms with van der Waals surface area (Å²) in [6, 6.07) is 0. The second kappa shape index (κ2) is 4.11. The molecule has 14 heavy (non-hydrogen) atoms. The summed E-state index contributed by atoms with van der Waals surface area (Å²) in [4.78, 5) is 26.8. The first-order chi connectivity index (χ1) is 6.56. The molecular formula is C9H9ClN2O2. The highest BCUT2D eigenvalue weighted by atomic mass is 35.5. The number of nitrogens with one attached hydrogen (secondary N) is 2. The molecule has 0 radical (unpaired) electrons. The van der Waals surface area contributed by atoms with E-state index >= 15 is 0 Å². The summed E-state index contributed by atoms with van der Waals surface area (Å²) in [5, 5.41) is 0.966. The van der Waals surface area contributed by atoms with E-state index in [1.165, 1.54) is 12.2 Å². The van der Waals surface area contributed by atoms with E-state index in [4.69, 9.17) is 11.6 Å². The van der Waals surface area contributed by atoms with Crippen molar-refractivity contribution in [3.05, 3.63) is 44.1 Å². The zero-order chi connectivity index (χ0) is 10.7. The Balaban J connectivity index is 4.02. The molecule has 1 rings (SSSR count). The maximum absolute atomic E-state index is 11.3. The second-order valence-corrected chi connectivity index (χ2v) is 3.20. The lowest BCUT2D eigenvalue weighted by Crippen LogP contribution is -2.48. The monoisotopic (exact) mass is 212 g/mol. The number of hydrogen-bond acceptors (Lipinski definition) is 2. The third kappa shape index (κ3) is 2.03. The van der Waals surface area contributed by atoms with Crippen molar-refractivity contribution in [1.29, 1.82) is 0 Å². The van der Waals surface area contributed by atoms with Crippen LogP contribution in [0.5, 0.6) is 0 Å². The van der Waals surface area contributed by atoms with Gasteiger partial charge in [0.2, 0.25) is 0 Å². The molecular weight excluding hydrogens is 204 g/mol. The molecule has 2 N–H and O–H groups in total. The van der Waals surface area contributed by atoms with Crippen molar-refractivity contribution in [2.45, 2.75) is 6.92 Å². The van der Waals surface area contributed by atoms with Crippen molar-refractivity contribution in [2.24, 2.45) is 0 Å². The Morgan fingerprint density at radius 2 is 2.07 bits per heavy atom. The quantitative estimate of drug-likeness (QED) is 0.653. The largest absolute Gasteiger partial charge is 0.326 e. The van der Waals surface area contributed by atoms with Gasteiger partial charge in [-0.05, 0) is 13.0 Å². The van der Waals surface area contributed by atoms with Gasteiger partial charge in [-0.15, -0.1) is 0 Å². The smallest absolute Gasteiger partial charge is 0.306 e. The standard InChI is InChI=1S/C9H9ClN2O2/c1-3-4-6-7(5(2)10)11-9(14)12-8(6)13/h3-4H,1H2,2H3,(H2,11,12,13,14)/b6-4+,7-5-. The van der Waals surface area contributed by atoms with Crippen molar-refractivity contribution in [3.63, 3.8) is 0 Å². The molecule has 0 aromatic carbocycles. The van der Waals surface area contributed by atoms with E-state index in [0.29, 0.717) is 15.6 Å². The minimum Gasteiger partial charge on any atom is -0.306 e. The van der Waals surface area contributed by atoms with Gasteiger partial charge in [0.1, 0.15) is 0 Å². The molecule has 5 heteroatoms. The SMILES string of the molecule is C=C/C=c1/c(=O)[nH]c(=O)[nH]/c1=C(/C)Cl. The summed E-state index contributed by atoms with van der Waals surface area (Å²) in [6.07, 6.45) is 2.93. The fraction of sp³-hybridized carbons (Fsp3) is 0.111. The summed E-state index contributed by atoms with van der Waals surface area (Å²) in [6.45, 7) is 5.06. The zero-order valence-corrected chi connectivity index (χ0v) is 8.31. The summed E-state index contributed by atoms with van der Waals surface area (Å²) in [5.74, 6) is 0. The molecule has 1 aromatic heterocycles. The third-order valence-corrected chi connectivity index (χ3v) is 1.80. The van der Waals surface area contributed by atoms with Crippen LogP contribution in [0, 0.1) is 0 Å². The fourth-order valence-electron chi connectivity index (χ4n) is 1.04. The van der Waals surface area contributed by atoms with Gasteiger partial charge in [0.15, 0.2) is 0 Å². The Labute approximate surface area is 84.3 Å². The number of aromatic amines is 2. The summed E-state index contributed by atoms with van der Waals surface area (Å²) >= 11 is 5.73. The van der Waals surface area contributed by atoms with Crippen LogP contribution in [0.25, 0.3) is 11.1 Å². The molecule has 74 valence electrons. The Bertz CT molecular complexity index is 576. The van der Waals surface area contributed by atoms with Crippen LogP contribution in [0.1, 0.15) is 6.92 Å². The number of rotatable bonds is 1. The van der Waals surface area contributed by atoms with Gasteiger partial charge < -0.3 is 4.98 Å². The molecule has 0 spiro atoms. The number of aromatic nitrogens is 2. The lowest BCUT2D eigenvalue weighted by Gasteiger charge is -1.90. The van der Waals surface area contributed by atoms with Crippen LogP contribution in [-0.2, 0) is 0 Å². The van der Waals surface area contributed by atoms with Gasteiger partial charge in [0.05, 0.1) is 10.6 Å². The van der Waals surface area contributed by atoms with Crippen molar-refractivity contribution in [1.82, 2.24) is 9.97 Å². The van der Waals surface area contributed by atoms with Gasteiger partial charge in [-0.1, -0.05) is 24.3 Å². The average molecular weight is 213 g/mol. The molecule has 1 aromatic rings. The maximum Gasteiger partial charge on any atom is 0.326 e. The Hall–Kier alpha value is -1.55. The van der Waals surface area contributed by atoms with Crippen molar-refractivity contribution in [2.75, 3.05) is 0 Å². The Kier molecular flexibility index (Phi) is 3.09. The second-order valence-electron chi connectivity index (χ2n) is 2.63. The highest BCUT2D eigenvalue weighted by molar-refractivity contribution is 6.44. The molecule has 0 unspecified atom stereocenters. The van der Waals surface area contributed by atoms with Crippen LogP contribution in [0.4, 0.5) is 0 Å². The molecule has 0 aliphatic rings. The van der Waals surface area contributed by atoms with Crippen LogP contribution < -0.4 is 21.8 Å². The minimum absolute atomic E-state index is 0.298. The molecule has 0 amide bonds. The van der Waals surface area contributed by atoms with Gasteiger partial charge in [-0.25, -0.2) is 4.79 Å². The minimum atomic E-state index is -0.578. The Morgan fingerprint density at radius 3 is 2.57 bits per heavy atom. The van der Waals surface area contributed by atoms with E-state index in [1.54, 1.807) is 6.92 Å². The Morgan fingerprint density at radius 1 is 1.43 bits per heavy atom. The van der Waals surface area contributed by atoms with Crippen molar-refractivity contribution in [3.8, 4) is 0 Å². The highest BCUT2D eigenvalue weighted by Crippen LogP contribution is 1.91. The summed E-state index contributed by atoms with van der Waals surface area (Å²) in [5.41, 5.74) is -1.06. The van der Waals surface area contributed by atoms with Crippen LogP contribution in [0.15, 0.2) is 22.2 Å². The van der Waals surface area contributed by atoms with Crippen LogP contribution in [-0.4, -0.2) is 9.97 Å². The van der Waals surface area contributed by atoms with Gasteiger partial charge >= 0.3 is 5.69 Å². The van der Waals surface area contributed by atoms with Crippen molar-refractivity contribution < 1.29 is 0 Å². The first-order valence-corrected chi connectivity index (χ1v) is 4.26. The predicted octanol–water partition coefficient (Wildman–Crippen LogP) is -0.603. The predicted molar refractivity (Wildman–Crippen MR) is 56.5 cm³/mol. The van der Waals surface area contributed by atoms with Gasteiger partial charge in [-0.3, -0.25) is 9.78 Å². The van der Waals surface area contributed by atoms with E-state index in [9.17, 15) is 9.59 Å². The lowest BCUT2D eigenvalue weighted by atomic mass is 10.3. The van der Waals surface area contributed by atoms with Crippen LogP contribution in [0.3, 0.4) is 0 Å². The van der Waals surface area contributed by atoms with Crippen LogP contribution >= 0.6 is 11.6 Å². The fourth-order valence-corrected chi connectivity index (χ4v) is 1.19. The molecule has 0 saturated heterocycles. The van der Waals surface area contributed by atoms with E-state index < -0.39 is 11.2 Å². The van der Waals surface area contributed by atoms with E-state index in [1.807, 2.05) is 0 Å². The number of hydrogen-bond donors (Lipinski definition) is 2. The molecule has 1 heterocycles. The maximum atomic E-state index is 11.3. The number of H-pyrrole nitrogens is 2. The third-order valence-electron chi connectivity index (χ3n) is 1.61. The molecule has 0 atom stereocenters. The molecule has 0 aliphatic carbocycles. The highest BCUT2D eigenvalue weighted by Gasteiger charge is 1.95.